The number of hydrazone groups is 1. The molecule has 0 aromatic heterocycles. The molecule has 0 saturated carbocycles. The van der Waals surface area contributed by atoms with E-state index < -0.39 is 11.7 Å². The zero-order chi connectivity index (χ0) is 15.3. The molecular formula is C15H13F3N2S. The second kappa shape index (κ2) is 6.67. The number of para-hydroxylation sites is 1. The van der Waals surface area contributed by atoms with Crippen LogP contribution >= 0.6 is 11.8 Å². The van der Waals surface area contributed by atoms with Crippen LogP contribution in [0.1, 0.15) is 11.1 Å². The maximum Gasteiger partial charge on any atom is 0.418 e. The van der Waals surface area contributed by atoms with Gasteiger partial charge in [-0.2, -0.15) is 18.3 Å². The molecule has 2 aromatic carbocycles. The first kappa shape index (κ1) is 15.4. The monoisotopic (exact) mass is 310 g/mol. The second-order valence-electron chi connectivity index (χ2n) is 4.19. The van der Waals surface area contributed by atoms with Crippen LogP contribution < -0.4 is 5.43 Å². The van der Waals surface area contributed by atoms with Crippen molar-refractivity contribution in [1.29, 1.82) is 0 Å². The first-order valence-electron chi connectivity index (χ1n) is 6.10. The molecule has 1 N–H and O–H groups in total. The number of halogens is 3. The Balaban J connectivity index is 2.10. The summed E-state index contributed by atoms with van der Waals surface area (Å²) in [5.74, 6) is 0. The Hall–Kier alpha value is -1.95. The Morgan fingerprint density at radius 2 is 1.71 bits per heavy atom. The van der Waals surface area contributed by atoms with E-state index in [1.807, 2.05) is 30.5 Å². The van der Waals surface area contributed by atoms with Gasteiger partial charge in [0.05, 0.1) is 17.5 Å². The van der Waals surface area contributed by atoms with Crippen LogP contribution in [0.2, 0.25) is 0 Å². The summed E-state index contributed by atoms with van der Waals surface area (Å²) in [5.41, 5.74) is 2.45. The van der Waals surface area contributed by atoms with Crippen molar-refractivity contribution in [2.75, 3.05) is 11.7 Å². The molecule has 0 aliphatic rings. The molecule has 0 fully saturated rings. The molecule has 0 spiro atoms. The highest BCUT2D eigenvalue weighted by Crippen LogP contribution is 2.34. The topological polar surface area (TPSA) is 24.4 Å². The molecule has 0 amide bonds. The lowest BCUT2D eigenvalue weighted by Crippen LogP contribution is -2.08. The Bertz CT molecular complexity index is 622. The fraction of sp³-hybridized carbons (Fsp3) is 0.133. The van der Waals surface area contributed by atoms with Gasteiger partial charge >= 0.3 is 6.18 Å². The standard InChI is InChI=1S/C15H13F3N2S/c1-21-12-8-6-11(7-9-12)10-19-20-14-5-3-2-4-13(14)15(16,17)18/h2-10,20H,1H3. The van der Waals surface area contributed by atoms with Crippen LogP contribution in [0.4, 0.5) is 18.9 Å². The van der Waals surface area contributed by atoms with E-state index >= 15 is 0 Å². The summed E-state index contributed by atoms with van der Waals surface area (Å²) in [6.07, 6.45) is -0.949. The van der Waals surface area contributed by atoms with Crippen LogP contribution in [0, 0.1) is 0 Å². The van der Waals surface area contributed by atoms with Crippen molar-refractivity contribution in [2.45, 2.75) is 11.1 Å². The van der Waals surface area contributed by atoms with Crippen LogP contribution in [0.25, 0.3) is 0 Å². The average molecular weight is 310 g/mol. The molecule has 0 heterocycles. The van der Waals surface area contributed by atoms with Crippen LogP contribution in [-0.2, 0) is 6.18 Å². The van der Waals surface area contributed by atoms with Crippen LogP contribution in [0.3, 0.4) is 0 Å². The average Bonchev–Trinajstić information content (AvgIpc) is 2.47. The summed E-state index contributed by atoms with van der Waals surface area (Å²) < 4.78 is 38.4. The zero-order valence-corrected chi connectivity index (χ0v) is 12.0. The minimum absolute atomic E-state index is 0.0676. The number of hydrogen-bond donors (Lipinski definition) is 1. The summed E-state index contributed by atoms with van der Waals surface area (Å²) in [5, 5.41) is 3.86. The molecule has 21 heavy (non-hydrogen) atoms. The van der Waals surface area contributed by atoms with Crippen molar-refractivity contribution in [3.8, 4) is 0 Å². The SMILES string of the molecule is CSc1ccc(C=NNc2ccccc2C(F)(F)F)cc1. The minimum Gasteiger partial charge on any atom is -0.278 e. The number of anilines is 1. The Labute approximate surface area is 125 Å². The van der Waals surface area contributed by atoms with Gasteiger partial charge in [0.15, 0.2) is 0 Å². The van der Waals surface area contributed by atoms with E-state index in [4.69, 9.17) is 0 Å². The zero-order valence-electron chi connectivity index (χ0n) is 11.2. The fourth-order valence-corrected chi connectivity index (χ4v) is 2.10. The highest BCUT2D eigenvalue weighted by atomic mass is 32.2. The van der Waals surface area contributed by atoms with Crippen LogP contribution in [0.5, 0.6) is 0 Å². The van der Waals surface area contributed by atoms with Crippen molar-refractivity contribution in [2.24, 2.45) is 5.10 Å². The Morgan fingerprint density at radius 1 is 1.05 bits per heavy atom. The van der Waals surface area contributed by atoms with Gasteiger partial charge in [-0.1, -0.05) is 24.3 Å². The molecule has 0 unspecified atom stereocenters. The van der Waals surface area contributed by atoms with E-state index in [0.29, 0.717) is 0 Å². The van der Waals surface area contributed by atoms with Crippen LogP contribution in [0.15, 0.2) is 58.5 Å². The number of alkyl halides is 3. The number of nitrogens with one attached hydrogen (secondary N) is 1. The van der Waals surface area contributed by atoms with E-state index in [-0.39, 0.29) is 5.69 Å². The third-order valence-corrected chi connectivity index (χ3v) is 3.49. The highest BCUT2D eigenvalue weighted by Gasteiger charge is 2.33. The van der Waals surface area contributed by atoms with E-state index in [0.717, 1.165) is 16.5 Å². The first-order chi connectivity index (χ1) is 10.0. The lowest BCUT2D eigenvalue weighted by atomic mass is 10.2. The minimum atomic E-state index is -4.40. The van der Waals surface area contributed by atoms with E-state index in [9.17, 15) is 13.2 Å². The lowest BCUT2D eigenvalue weighted by molar-refractivity contribution is -0.136. The number of nitrogens with zero attached hydrogens (tertiary/aromatic N) is 1. The van der Waals surface area contributed by atoms with Gasteiger partial charge in [0, 0.05) is 4.90 Å². The largest absolute Gasteiger partial charge is 0.418 e. The number of benzene rings is 2. The van der Waals surface area contributed by atoms with Crippen molar-refractivity contribution in [1.82, 2.24) is 0 Å². The van der Waals surface area contributed by atoms with E-state index in [1.54, 1.807) is 11.8 Å². The molecule has 0 atom stereocenters. The predicted octanol–water partition coefficient (Wildman–Crippen LogP) is 4.87. The smallest absolute Gasteiger partial charge is 0.278 e. The van der Waals surface area contributed by atoms with Gasteiger partial charge in [-0.15, -0.1) is 11.8 Å². The van der Waals surface area contributed by atoms with Crippen molar-refractivity contribution >= 4 is 23.7 Å². The molecule has 0 aliphatic carbocycles. The lowest BCUT2D eigenvalue weighted by Gasteiger charge is -2.11. The fourth-order valence-electron chi connectivity index (χ4n) is 1.69. The maximum atomic E-state index is 12.8. The molecule has 2 nitrogen and oxygen atoms in total. The molecule has 2 rings (SSSR count). The Kier molecular flexibility index (Phi) is 4.90. The van der Waals surface area contributed by atoms with Crippen molar-refractivity contribution in [3.63, 3.8) is 0 Å². The normalized spacial score (nSPS) is 11.8. The highest BCUT2D eigenvalue weighted by molar-refractivity contribution is 7.98. The summed E-state index contributed by atoms with van der Waals surface area (Å²) in [6.45, 7) is 0. The molecule has 0 radical (unpaired) electrons. The number of hydrogen-bond acceptors (Lipinski definition) is 3. The Morgan fingerprint density at radius 3 is 2.33 bits per heavy atom. The maximum absolute atomic E-state index is 12.8. The number of rotatable bonds is 4. The molecule has 0 saturated heterocycles. The third kappa shape index (κ3) is 4.26. The van der Waals surface area contributed by atoms with Gasteiger partial charge in [0.1, 0.15) is 0 Å². The quantitative estimate of drug-likeness (QED) is 0.495. The van der Waals surface area contributed by atoms with Crippen molar-refractivity contribution in [3.05, 3.63) is 59.7 Å². The van der Waals surface area contributed by atoms with Gasteiger partial charge in [-0.25, -0.2) is 0 Å². The number of thioether (sulfide) groups is 1. The summed E-state index contributed by atoms with van der Waals surface area (Å²) in [4.78, 5) is 1.11. The van der Waals surface area contributed by atoms with Gasteiger partial charge < -0.3 is 0 Å². The molecule has 0 aliphatic heterocycles. The first-order valence-corrected chi connectivity index (χ1v) is 7.32. The summed E-state index contributed by atoms with van der Waals surface area (Å²) in [7, 11) is 0. The van der Waals surface area contributed by atoms with Crippen LogP contribution in [-0.4, -0.2) is 12.5 Å². The van der Waals surface area contributed by atoms with Crippen molar-refractivity contribution < 1.29 is 13.2 Å². The van der Waals surface area contributed by atoms with Gasteiger partial charge in [0.2, 0.25) is 0 Å². The summed E-state index contributed by atoms with van der Waals surface area (Å²) in [6, 6.07) is 12.8. The second-order valence-corrected chi connectivity index (χ2v) is 5.07. The van der Waals surface area contributed by atoms with Gasteiger partial charge in [-0.05, 0) is 36.1 Å². The van der Waals surface area contributed by atoms with E-state index in [1.165, 1.54) is 24.4 Å². The molecular weight excluding hydrogens is 297 g/mol. The molecule has 110 valence electrons. The molecule has 0 bridgehead atoms. The van der Waals surface area contributed by atoms with Gasteiger partial charge in [-0.3, -0.25) is 5.43 Å². The predicted molar refractivity (Wildman–Crippen MR) is 80.9 cm³/mol. The summed E-state index contributed by atoms with van der Waals surface area (Å²) >= 11 is 1.62. The van der Waals surface area contributed by atoms with E-state index in [2.05, 4.69) is 10.5 Å². The molecule has 6 heteroatoms. The molecule has 2 aromatic rings. The third-order valence-electron chi connectivity index (χ3n) is 2.75. The van der Waals surface area contributed by atoms with Gasteiger partial charge in [0.25, 0.3) is 0 Å².